The lowest BCUT2D eigenvalue weighted by Crippen LogP contribution is -2.04. The van der Waals surface area contributed by atoms with Crippen LogP contribution in [0.1, 0.15) is 11.4 Å². The van der Waals surface area contributed by atoms with Crippen LogP contribution in [0.4, 0.5) is 4.39 Å². The molecule has 0 aliphatic carbocycles. The number of methoxy groups -OCH3 is 1. The second kappa shape index (κ2) is 8.42. The fourth-order valence-corrected chi connectivity index (χ4v) is 3.31. The van der Waals surface area contributed by atoms with Crippen LogP contribution >= 0.6 is 23.4 Å². The average Bonchev–Trinajstić information content (AvgIpc) is 2.99. The molecule has 2 aromatic carbocycles. The average molecular weight is 394 g/mol. The molecule has 1 aromatic heterocycles. The smallest absolute Gasteiger partial charge is 0.191 e. The molecule has 5 nitrogen and oxygen atoms in total. The molecule has 1 heterocycles. The first-order valence-electron chi connectivity index (χ1n) is 7.79. The first-order chi connectivity index (χ1) is 12.6. The van der Waals surface area contributed by atoms with Crippen molar-refractivity contribution in [2.75, 3.05) is 7.11 Å². The molecule has 0 radical (unpaired) electrons. The molecule has 0 fully saturated rings. The van der Waals surface area contributed by atoms with Gasteiger partial charge in [0.15, 0.2) is 22.5 Å². The van der Waals surface area contributed by atoms with E-state index in [1.165, 1.54) is 24.9 Å². The molecule has 0 amide bonds. The summed E-state index contributed by atoms with van der Waals surface area (Å²) >= 11 is 7.54. The van der Waals surface area contributed by atoms with E-state index in [0.29, 0.717) is 22.3 Å². The Balaban J connectivity index is 1.62. The molecule has 0 atom stereocenters. The van der Waals surface area contributed by atoms with Crippen molar-refractivity contribution in [2.45, 2.75) is 17.5 Å². The third-order valence-corrected chi connectivity index (χ3v) is 5.11. The van der Waals surface area contributed by atoms with E-state index in [1.807, 2.05) is 29.8 Å². The first-order valence-corrected chi connectivity index (χ1v) is 9.15. The lowest BCUT2D eigenvalue weighted by molar-refractivity contribution is 0.290. The molecular formula is C18H17ClFN3O2S. The zero-order chi connectivity index (χ0) is 18.5. The highest BCUT2D eigenvalue weighted by atomic mass is 35.5. The van der Waals surface area contributed by atoms with Crippen LogP contribution in [0, 0.1) is 5.82 Å². The van der Waals surface area contributed by atoms with Gasteiger partial charge in [0.1, 0.15) is 12.4 Å². The number of ether oxygens (including phenoxy) is 2. The highest BCUT2D eigenvalue weighted by molar-refractivity contribution is 7.98. The quantitative estimate of drug-likeness (QED) is 0.553. The van der Waals surface area contributed by atoms with Crippen LogP contribution in [0.15, 0.2) is 47.6 Å². The monoisotopic (exact) mass is 393 g/mol. The molecule has 0 N–H and O–H groups in total. The zero-order valence-corrected chi connectivity index (χ0v) is 15.9. The Kier molecular flexibility index (Phi) is 6.00. The second-order valence-electron chi connectivity index (χ2n) is 5.43. The minimum atomic E-state index is -0.377. The molecule has 136 valence electrons. The zero-order valence-electron chi connectivity index (χ0n) is 14.3. The molecule has 0 aliphatic rings. The van der Waals surface area contributed by atoms with E-state index in [9.17, 15) is 4.39 Å². The van der Waals surface area contributed by atoms with E-state index in [1.54, 1.807) is 18.2 Å². The van der Waals surface area contributed by atoms with Gasteiger partial charge in [-0.3, -0.25) is 0 Å². The number of hydrogen-bond donors (Lipinski definition) is 0. The maximum absolute atomic E-state index is 13.8. The van der Waals surface area contributed by atoms with Crippen LogP contribution in [-0.2, 0) is 19.4 Å². The number of nitrogens with zero attached hydrogens (tertiary/aromatic N) is 3. The van der Waals surface area contributed by atoms with E-state index in [4.69, 9.17) is 21.1 Å². The minimum absolute atomic E-state index is 0.233. The fourth-order valence-electron chi connectivity index (χ4n) is 2.25. The van der Waals surface area contributed by atoms with E-state index >= 15 is 0 Å². The summed E-state index contributed by atoms with van der Waals surface area (Å²) in [5.41, 5.74) is 0.838. The van der Waals surface area contributed by atoms with Gasteiger partial charge < -0.3 is 14.0 Å². The van der Waals surface area contributed by atoms with Gasteiger partial charge in [-0.25, -0.2) is 4.39 Å². The second-order valence-corrected chi connectivity index (χ2v) is 6.78. The molecule has 26 heavy (non-hydrogen) atoms. The van der Waals surface area contributed by atoms with Crippen molar-refractivity contribution >= 4 is 23.4 Å². The van der Waals surface area contributed by atoms with Crippen LogP contribution in [0.2, 0.25) is 5.02 Å². The fraction of sp³-hybridized carbons (Fsp3) is 0.222. The van der Waals surface area contributed by atoms with Gasteiger partial charge in [0.25, 0.3) is 0 Å². The molecule has 0 spiro atoms. The number of halogens is 2. The third kappa shape index (κ3) is 4.28. The summed E-state index contributed by atoms with van der Waals surface area (Å²) in [7, 11) is 3.31. The van der Waals surface area contributed by atoms with Crippen LogP contribution in [-0.4, -0.2) is 21.9 Å². The normalized spacial score (nSPS) is 10.8. The van der Waals surface area contributed by atoms with Gasteiger partial charge in [-0.05, 0) is 29.8 Å². The number of benzene rings is 2. The van der Waals surface area contributed by atoms with Gasteiger partial charge in [0, 0.05) is 12.8 Å². The Hall–Kier alpha value is -2.25. The van der Waals surface area contributed by atoms with Crippen molar-refractivity contribution in [3.05, 3.63) is 64.7 Å². The van der Waals surface area contributed by atoms with Gasteiger partial charge in [-0.15, -0.1) is 10.2 Å². The predicted octanol–water partition coefficient (Wildman–Crippen LogP) is 4.49. The van der Waals surface area contributed by atoms with Crippen LogP contribution < -0.4 is 9.47 Å². The number of para-hydroxylation sites is 1. The Morgan fingerprint density at radius 2 is 1.96 bits per heavy atom. The summed E-state index contributed by atoms with van der Waals surface area (Å²) in [4.78, 5) is 0. The van der Waals surface area contributed by atoms with Crippen molar-refractivity contribution in [1.29, 1.82) is 0 Å². The topological polar surface area (TPSA) is 49.2 Å². The standard InChI is InChI=1S/C18H17ClFN3O2S/c1-23-17(10-25-15-6-4-3-5-13(15)19)21-22-18(23)26-11-12-7-8-16(24-2)14(20)9-12/h3-9H,10-11H2,1-2H3. The van der Waals surface area contributed by atoms with Crippen molar-refractivity contribution in [1.82, 2.24) is 14.8 Å². The van der Waals surface area contributed by atoms with Gasteiger partial charge in [0.05, 0.1) is 12.1 Å². The summed E-state index contributed by atoms with van der Waals surface area (Å²) in [5.74, 6) is 1.69. The SMILES string of the molecule is COc1ccc(CSc2nnc(COc3ccccc3Cl)n2C)cc1F. The molecule has 0 unspecified atom stereocenters. The molecule has 0 saturated carbocycles. The van der Waals surface area contributed by atoms with Crippen LogP contribution in [0.5, 0.6) is 11.5 Å². The molecular weight excluding hydrogens is 377 g/mol. The first kappa shape index (κ1) is 18.5. The lowest BCUT2D eigenvalue weighted by atomic mass is 10.2. The van der Waals surface area contributed by atoms with Gasteiger partial charge in [-0.2, -0.15) is 0 Å². The van der Waals surface area contributed by atoms with Crippen LogP contribution in [0.3, 0.4) is 0 Å². The Morgan fingerprint density at radius 1 is 1.15 bits per heavy atom. The number of thioether (sulfide) groups is 1. The lowest BCUT2D eigenvalue weighted by Gasteiger charge is -2.08. The van der Waals surface area contributed by atoms with E-state index in [-0.39, 0.29) is 18.2 Å². The predicted molar refractivity (Wildman–Crippen MR) is 99.3 cm³/mol. The number of rotatable bonds is 7. The van der Waals surface area contributed by atoms with Crippen molar-refractivity contribution < 1.29 is 13.9 Å². The van der Waals surface area contributed by atoms with Crippen molar-refractivity contribution in [3.8, 4) is 11.5 Å². The van der Waals surface area contributed by atoms with E-state index < -0.39 is 0 Å². The highest BCUT2D eigenvalue weighted by Crippen LogP contribution is 2.26. The van der Waals surface area contributed by atoms with Gasteiger partial charge in [0.2, 0.25) is 0 Å². The van der Waals surface area contributed by atoms with E-state index in [2.05, 4.69) is 10.2 Å². The third-order valence-electron chi connectivity index (χ3n) is 3.70. The molecule has 0 aliphatic heterocycles. The van der Waals surface area contributed by atoms with Gasteiger partial charge >= 0.3 is 0 Å². The Labute approximate surface area is 160 Å². The number of aromatic nitrogens is 3. The molecule has 3 rings (SSSR count). The molecule has 0 saturated heterocycles. The number of hydrogen-bond acceptors (Lipinski definition) is 5. The highest BCUT2D eigenvalue weighted by Gasteiger charge is 2.12. The largest absolute Gasteiger partial charge is 0.494 e. The van der Waals surface area contributed by atoms with Gasteiger partial charge in [-0.1, -0.05) is 41.6 Å². The summed E-state index contributed by atoms with van der Waals surface area (Å²) in [5, 5.41) is 9.58. The molecule has 0 bridgehead atoms. The summed E-state index contributed by atoms with van der Waals surface area (Å²) in [6, 6.07) is 12.2. The summed E-state index contributed by atoms with van der Waals surface area (Å²) in [6.45, 7) is 0.255. The summed E-state index contributed by atoms with van der Waals surface area (Å²) in [6.07, 6.45) is 0. The Bertz CT molecular complexity index is 904. The van der Waals surface area contributed by atoms with Crippen LogP contribution in [0.25, 0.3) is 0 Å². The maximum atomic E-state index is 13.8. The minimum Gasteiger partial charge on any atom is -0.494 e. The molecule has 8 heteroatoms. The van der Waals surface area contributed by atoms with Crippen molar-refractivity contribution in [2.24, 2.45) is 7.05 Å². The molecule has 3 aromatic rings. The van der Waals surface area contributed by atoms with Crippen molar-refractivity contribution in [3.63, 3.8) is 0 Å². The summed E-state index contributed by atoms with van der Waals surface area (Å²) < 4.78 is 26.2. The van der Waals surface area contributed by atoms with E-state index in [0.717, 1.165) is 10.7 Å². The maximum Gasteiger partial charge on any atom is 0.191 e. The Morgan fingerprint density at radius 3 is 2.69 bits per heavy atom.